The largest absolute Gasteiger partial charge is 0.495 e. The van der Waals surface area contributed by atoms with Crippen molar-refractivity contribution in [1.29, 1.82) is 0 Å². The van der Waals surface area contributed by atoms with E-state index in [-0.39, 0.29) is 12.4 Å². The highest BCUT2D eigenvalue weighted by Crippen LogP contribution is 2.33. The van der Waals surface area contributed by atoms with Crippen molar-refractivity contribution in [3.63, 3.8) is 0 Å². The molecule has 0 radical (unpaired) electrons. The summed E-state index contributed by atoms with van der Waals surface area (Å²) in [4.78, 5) is 14.6. The molecule has 0 bridgehead atoms. The van der Waals surface area contributed by atoms with E-state index >= 15 is 0 Å². The van der Waals surface area contributed by atoms with Crippen molar-refractivity contribution in [2.24, 2.45) is 0 Å². The van der Waals surface area contributed by atoms with E-state index in [0.29, 0.717) is 17.4 Å². The summed E-state index contributed by atoms with van der Waals surface area (Å²) >= 11 is 6.17. The van der Waals surface area contributed by atoms with Gasteiger partial charge < -0.3 is 14.5 Å². The quantitative estimate of drug-likeness (QED) is 0.867. The van der Waals surface area contributed by atoms with Gasteiger partial charge in [-0.1, -0.05) is 11.6 Å². The fourth-order valence-electron chi connectivity index (χ4n) is 1.92. The predicted octanol–water partition coefficient (Wildman–Crippen LogP) is 2.94. The van der Waals surface area contributed by atoms with Gasteiger partial charge in [0, 0.05) is 11.6 Å². The number of carbonyl (C=O) groups is 1. The second kappa shape index (κ2) is 5.31. The molecule has 0 fully saturated rings. The third kappa shape index (κ3) is 2.29. The minimum Gasteiger partial charge on any atom is -0.495 e. The number of aromatic nitrogens is 1. The third-order valence-electron chi connectivity index (χ3n) is 2.69. The maximum Gasteiger partial charge on any atom is 0.310 e. The molecule has 0 amide bonds. The molecule has 0 aliphatic carbocycles. The molecular formula is C13H14ClNO3. The van der Waals surface area contributed by atoms with Gasteiger partial charge in [0.1, 0.15) is 5.75 Å². The van der Waals surface area contributed by atoms with Crippen LogP contribution in [0.3, 0.4) is 0 Å². The number of carbonyl (C=O) groups excluding carboxylic acids is 1. The van der Waals surface area contributed by atoms with E-state index in [0.717, 1.165) is 16.5 Å². The number of benzene rings is 1. The van der Waals surface area contributed by atoms with E-state index in [1.807, 2.05) is 0 Å². The van der Waals surface area contributed by atoms with E-state index in [1.165, 1.54) is 0 Å². The van der Waals surface area contributed by atoms with E-state index < -0.39 is 0 Å². The molecular weight excluding hydrogens is 254 g/mol. The Bertz CT molecular complexity index is 577. The predicted molar refractivity (Wildman–Crippen MR) is 70.2 cm³/mol. The zero-order chi connectivity index (χ0) is 13.1. The monoisotopic (exact) mass is 267 g/mol. The Morgan fingerprint density at radius 3 is 2.89 bits per heavy atom. The van der Waals surface area contributed by atoms with Crippen LogP contribution in [0.25, 0.3) is 10.9 Å². The van der Waals surface area contributed by atoms with Crippen LogP contribution < -0.4 is 4.74 Å². The molecule has 0 saturated carbocycles. The van der Waals surface area contributed by atoms with Gasteiger partial charge in [-0.05, 0) is 24.6 Å². The highest BCUT2D eigenvalue weighted by atomic mass is 35.5. The summed E-state index contributed by atoms with van der Waals surface area (Å²) in [6, 6.07) is 3.54. The average Bonchev–Trinajstić information content (AvgIpc) is 2.75. The fourth-order valence-corrected chi connectivity index (χ4v) is 2.20. The molecule has 5 heteroatoms. The Labute approximate surface area is 110 Å². The summed E-state index contributed by atoms with van der Waals surface area (Å²) < 4.78 is 10.2. The molecule has 0 aliphatic heterocycles. The van der Waals surface area contributed by atoms with Crippen molar-refractivity contribution in [2.45, 2.75) is 13.3 Å². The topological polar surface area (TPSA) is 51.3 Å². The second-order valence-corrected chi connectivity index (χ2v) is 4.20. The van der Waals surface area contributed by atoms with Gasteiger partial charge in [0.05, 0.1) is 30.7 Å². The molecule has 0 spiro atoms. The molecule has 2 rings (SSSR count). The van der Waals surface area contributed by atoms with Gasteiger partial charge in [-0.15, -0.1) is 0 Å². The SMILES string of the molecule is CCOC(=O)Cc1c[nH]c2c(OC)ccc(Cl)c12. The smallest absolute Gasteiger partial charge is 0.310 e. The molecule has 0 aliphatic rings. The fraction of sp³-hybridized carbons (Fsp3) is 0.308. The number of H-pyrrole nitrogens is 1. The number of esters is 1. The lowest BCUT2D eigenvalue weighted by molar-refractivity contribution is -0.142. The maximum absolute atomic E-state index is 11.5. The summed E-state index contributed by atoms with van der Waals surface area (Å²) in [5, 5.41) is 1.40. The first-order valence-electron chi connectivity index (χ1n) is 5.65. The van der Waals surface area contributed by atoms with E-state index in [2.05, 4.69) is 4.98 Å². The van der Waals surface area contributed by atoms with E-state index in [1.54, 1.807) is 32.4 Å². The summed E-state index contributed by atoms with van der Waals surface area (Å²) in [7, 11) is 1.59. The van der Waals surface area contributed by atoms with E-state index in [4.69, 9.17) is 21.1 Å². The Morgan fingerprint density at radius 1 is 1.44 bits per heavy atom. The van der Waals surface area contributed by atoms with Crippen molar-refractivity contribution in [2.75, 3.05) is 13.7 Å². The van der Waals surface area contributed by atoms with Crippen LogP contribution in [-0.2, 0) is 16.0 Å². The molecule has 1 aromatic heterocycles. The minimum absolute atomic E-state index is 0.195. The van der Waals surface area contributed by atoms with Gasteiger partial charge in [0.2, 0.25) is 0 Å². The van der Waals surface area contributed by atoms with Gasteiger partial charge >= 0.3 is 5.97 Å². The standard InChI is InChI=1S/C13H14ClNO3/c1-3-18-11(16)6-8-7-15-13-10(17-2)5-4-9(14)12(8)13/h4-5,7,15H,3,6H2,1-2H3. The number of fused-ring (bicyclic) bond motifs is 1. The molecule has 0 atom stereocenters. The van der Waals surface area contributed by atoms with Crippen LogP contribution in [0.2, 0.25) is 5.02 Å². The van der Waals surface area contributed by atoms with Gasteiger partial charge in [-0.3, -0.25) is 4.79 Å². The molecule has 96 valence electrons. The van der Waals surface area contributed by atoms with Gasteiger partial charge in [0.15, 0.2) is 0 Å². The second-order valence-electron chi connectivity index (χ2n) is 3.80. The molecule has 18 heavy (non-hydrogen) atoms. The first-order chi connectivity index (χ1) is 8.67. The molecule has 1 N–H and O–H groups in total. The van der Waals surface area contributed by atoms with Crippen molar-refractivity contribution < 1.29 is 14.3 Å². The van der Waals surface area contributed by atoms with Crippen molar-refractivity contribution in [1.82, 2.24) is 4.98 Å². The zero-order valence-electron chi connectivity index (χ0n) is 10.2. The highest BCUT2D eigenvalue weighted by Gasteiger charge is 2.14. The van der Waals surface area contributed by atoms with Crippen LogP contribution in [-0.4, -0.2) is 24.7 Å². The van der Waals surface area contributed by atoms with Gasteiger partial charge in [-0.2, -0.15) is 0 Å². The summed E-state index contributed by atoms with van der Waals surface area (Å²) in [5.74, 6) is 0.432. The molecule has 1 aromatic carbocycles. The lowest BCUT2D eigenvalue weighted by Crippen LogP contribution is -2.07. The molecule has 4 nitrogen and oxygen atoms in total. The Hall–Kier alpha value is -1.68. The van der Waals surface area contributed by atoms with Crippen molar-refractivity contribution in [3.8, 4) is 5.75 Å². The first-order valence-corrected chi connectivity index (χ1v) is 6.03. The third-order valence-corrected chi connectivity index (χ3v) is 3.00. The van der Waals surface area contributed by atoms with Gasteiger partial charge in [0.25, 0.3) is 0 Å². The Balaban J connectivity index is 2.43. The lowest BCUT2D eigenvalue weighted by Gasteiger charge is -2.04. The van der Waals surface area contributed by atoms with Crippen LogP contribution in [0.4, 0.5) is 0 Å². The summed E-state index contributed by atoms with van der Waals surface area (Å²) in [5.41, 5.74) is 1.61. The summed E-state index contributed by atoms with van der Waals surface area (Å²) in [6.07, 6.45) is 1.96. The van der Waals surface area contributed by atoms with Crippen LogP contribution in [0, 0.1) is 0 Å². The normalized spacial score (nSPS) is 10.6. The zero-order valence-corrected chi connectivity index (χ0v) is 11.0. The number of hydrogen-bond acceptors (Lipinski definition) is 3. The summed E-state index contributed by atoms with van der Waals surface area (Å²) in [6.45, 7) is 2.15. The lowest BCUT2D eigenvalue weighted by atomic mass is 10.1. The maximum atomic E-state index is 11.5. The number of ether oxygens (including phenoxy) is 2. The van der Waals surface area contributed by atoms with Crippen LogP contribution >= 0.6 is 11.6 Å². The molecule has 0 saturated heterocycles. The van der Waals surface area contributed by atoms with E-state index in [9.17, 15) is 4.79 Å². The van der Waals surface area contributed by atoms with Crippen LogP contribution in [0.5, 0.6) is 5.75 Å². The van der Waals surface area contributed by atoms with Crippen LogP contribution in [0.15, 0.2) is 18.3 Å². The Kier molecular flexibility index (Phi) is 3.77. The number of methoxy groups -OCH3 is 1. The number of rotatable bonds is 4. The highest BCUT2D eigenvalue weighted by molar-refractivity contribution is 6.36. The van der Waals surface area contributed by atoms with Crippen LogP contribution in [0.1, 0.15) is 12.5 Å². The van der Waals surface area contributed by atoms with Crippen molar-refractivity contribution >= 4 is 28.5 Å². The first kappa shape index (κ1) is 12.8. The molecule has 1 heterocycles. The number of nitrogens with one attached hydrogen (secondary N) is 1. The minimum atomic E-state index is -0.266. The number of hydrogen-bond donors (Lipinski definition) is 1. The Morgan fingerprint density at radius 2 is 2.22 bits per heavy atom. The number of halogens is 1. The average molecular weight is 268 g/mol. The van der Waals surface area contributed by atoms with Gasteiger partial charge in [-0.25, -0.2) is 0 Å². The number of aromatic amines is 1. The molecule has 0 unspecified atom stereocenters. The van der Waals surface area contributed by atoms with Crippen molar-refractivity contribution in [3.05, 3.63) is 28.9 Å². The molecule has 2 aromatic rings.